The van der Waals surface area contributed by atoms with Crippen LogP contribution in [-0.4, -0.2) is 82.2 Å². The number of esters is 1. The summed E-state index contributed by atoms with van der Waals surface area (Å²) in [4.78, 5) is 12.0. The minimum absolute atomic E-state index is 0.138. The van der Waals surface area contributed by atoms with Gasteiger partial charge in [0.1, 0.15) is 31.0 Å². The Balaban J connectivity index is 1.27. The SMILES string of the molecule is O=C(/C=C/c1ccc(O)c(O)c1)OC[C@H]1O[C@@H](OCCc2ccc3c(c2)OCO3)[C@H](O)[C@@H](O)[C@@H]1O. The summed E-state index contributed by atoms with van der Waals surface area (Å²) >= 11 is 0. The molecule has 11 nitrogen and oxygen atoms in total. The van der Waals surface area contributed by atoms with Crippen LogP contribution in [0.5, 0.6) is 23.0 Å². The van der Waals surface area contributed by atoms with Gasteiger partial charge in [-0.25, -0.2) is 4.79 Å². The molecule has 0 radical (unpaired) electrons. The summed E-state index contributed by atoms with van der Waals surface area (Å²) in [7, 11) is 0. The molecule has 0 bridgehead atoms. The lowest BCUT2D eigenvalue weighted by molar-refractivity contribution is -0.301. The molecule has 1 fully saturated rings. The van der Waals surface area contributed by atoms with Crippen LogP contribution in [0.15, 0.2) is 42.5 Å². The zero-order chi connectivity index (χ0) is 24.9. The maximum atomic E-state index is 12.0. The Morgan fingerprint density at radius 3 is 2.57 bits per heavy atom. The van der Waals surface area contributed by atoms with E-state index in [1.54, 1.807) is 6.07 Å². The average Bonchev–Trinajstić information content (AvgIpc) is 3.32. The van der Waals surface area contributed by atoms with Crippen LogP contribution in [0.4, 0.5) is 0 Å². The van der Waals surface area contributed by atoms with Crippen molar-refractivity contribution in [3.05, 3.63) is 53.6 Å². The second-order valence-electron chi connectivity index (χ2n) is 8.03. The number of aliphatic hydroxyl groups excluding tert-OH is 3. The van der Waals surface area contributed by atoms with Gasteiger partial charge in [-0.15, -0.1) is 0 Å². The lowest BCUT2D eigenvalue weighted by Crippen LogP contribution is -2.59. The number of ether oxygens (including phenoxy) is 5. The molecule has 1 saturated heterocycles. The number of carbonyl (C=O) groups excluding carboxylic acids is 1. The highest BCUT2D eigenvalue weighted by Crippen LogP contribution is 2.32. The zero-order valence-corrected chi connectivity index (χ0v) is 18.5. The monoisotopic (exact) mass is 490 g/mol. The molecule has 2 aliphatic rings. The number of hydrogen-bond donors (Lipinski definition) is 5. The first-order valence-electron chi connectivity index (χ1n) is 10.9. The Bertz CT molecular complexity index is 1070. The average molecular weight is 490 g/mol. The van der Waals surface area contributed by atoms with Gasteiger partial charge in [-0.2, -0.15) is 0 Å². The third kappa shape index (κ3) is 6.02. The smallest absolute Gasteiger partial charge is 0.330 e. The van der Waals surface area contributed by atoms with Gasteiger partial charge in [-0.3, -0.25) is 0 Å². The van der Waals surface area contributed by atoms with Gasteiger partial charge in [0.15, 0.2) is 29.3 Å². The molecule has 35 heavy (non-hydrogen) atoms. The minimum atomic E-state index is -1.57. The molecule has 2 aromatic carbocycles. The van der Waals surface area contributed by atoms with Crippen molar-refractivity contribution in [3.8, 4) is 23.0 Å². The van der Waals surface area contributed by atoms with E-state index in [-0.39, 0.29) is 24.9 Å². The van der Waals surface area contributed by atoms with E-state index in [4.69, 9.17) is 23.7 Å². The first-order chi connectivity index (χ1) is 16.8. The molecule has 0 saturated carbocycles. The van der Waals surface area contributed by atoms with Crippen molar-refractivity contribution >= 4 is 12.0 Å². The van der Waals surface area contributed by atoms with E-state index in [2.05, 4.69) is 0 Å². The molecule has 0 aliphatic carbocycles. The number of carbonyl (C=O) groups is 1. The normalized spacial score (nSPS) is 25.6. The minimum Gasteiger partial charge on any atom is -0.504 e. The van der Waals surface area contributed by atoms with Crippen LogP contribution in [0.3, 0.4) is 0 Å². The van der Waals surface area contributed by atoms with Gasteiger partial charge in [0.25, 0.3) is 0 Å². The molecule has 0 spiro atoms. The molecule has 188 valence electrons. The van der Waals surface area contributed by atoms with Crippen LogP contribution >= 0.6 is 0 Å². The van der Waals surface area contributed by atoms with Gasteiger partial charge in [-0.1, -0.05) is 12.1 Å². The van der Waals surface area contributed by atoms with E-state index >= 15 is 0 Å². The molecule has 11 heteroatoms. The van der Waals surface area contributed by atoms with E-state index < -0.39 is 43.3 Å². The second kappa shape index (κ2) is 10.9. The van der Waals surface area contributed by atoms with Crippen LogP contribution in [-0.2, 0) is 25.4 Å². The topological polar surface area (TPSA) is 164 Å². The third-order valence-electron chi connectivity index (χ3n) is 5.58. The van der Waals surface area contributed by atoms with Gasteiger partial charge in [0, 0.05) is 6.08 Å². The van der Waals surface area contributed by atoms with Gasteiger partial charge in [0.2, 0.25) is 6.79 Å². The van der Waals surface area contributed by atoms with Crippen molar-refractivity contribution in [2.75, 3.05) is 20.0 Å². The van der Waals surface area contributed by atoms with Crippen LogP contribution in [0.2, 0.25) is 0 Å². The number of aliphatic hydroxyl groups is 3. The Morgan fingerprint density at radius 1 is 0.971 bits per heavy atom. The third-order valence-corrected chi connectivity index (χ3v) is 5.58. The van der Waals surface area contributed by atoms with Crippen molar-refractivity contribution < 1.29 is 54.0 Å². The van der Waals surface area contributed by atoms with E-state index in [1.807, 2.05) is 12.1 Å². The maximum absolute atomic E-state index is 12.0. The van der Waals surface area contributed by atoms with Crippen LogP contribution in [0.1, 0.15) is 11.1 Å². The highest BCUT2D eigenvalue weighted by molar-refractivity contribution is 5.87. The van der Waals surface area contributed by atoms with E-state index in [1.165, 1.54) is 24.3 Å². The fourth-order valence-corrected chi connectivity index (χ4v) is 3.60. The fourth-order valence-electron chi connectivity index (χ4n) is 3.60. The van der Waals surface area contributed by atoms with Crippen molar-refractivity contribution in [2.45, 2.75) is 37.1 Å². The largest absolute Gasteiger partial charge is 0.504 e. The van der Waals surface area contributed by atoms with E-state index in [9.17, 15) is 30.3 Å². The predicted octanol–water partition coefficient (Wildman–Crippen LogP) is 0.450. The number of phenolic OH excluding ortho intramolecular Hbond substituents is 2. The highest BCUT2D eigenvalue weighted by atomic mass is 16.7. The first-order valence-corrected chi connectivity index (χ1v) is 10.9. The van der Waals surface area contributed by atoms with Crippen molar-refractivity contribution in [1.29, 1.82) is 0 Å². The molecular formula is C24H26O11. The molecule has 0 aromatic heterocycles. The molecule has 2 aromatic rings. The van der Waals surface area contributed by atoms with Crippen molar-refractivity contribution in [2.24, 2.45) is 0 Å². The molecule has 0 unspecified atom stereocenters. The number of aromatic hydroxyl groups is 2. The summed E-state index contributed by atoms with van der Waals surface area (Å²) in [6.45, 7) is -0.102. The summed E-state index contributed by atoms with van der Waals surface area (Å²) in [5.41, 5.74) is 1.35. The molecule has 2 heterocycles. The zero-order valence-electron chi connectivity index (χ0n) is 18.5. The van der Waals surface area contributed by atoms with Gasteiger partial charge in [0.05, 0.1) is 6.61 Å². The van der Waals surface area contributed by atoms with Gasteiger partial charge >= 0.3 is 5.97 Å². The van der Waals surface area contributed by atoms with Crippen LogP contribution < -0.4 is 9.47 Å². The van der Waals surface area contributed by atoms with E-state index in [0.29, 0.717) is 23.5 Å². The summed E-state index contributed by atoms with van der Waals surface area (Å²) < 4.78 is 26.8. The highest BCUT2D eigenvalue weighted by Gasteiger charge is 2.44. The van der Waals surface area contributed by atoms with Gasteiger partial charge < -0.3 is 49.2 Å². The summed E-state index contributed by atoms with van der Waals surface area (Å²) in [5.74, 6) is -0.105. The predicted molar refractivity (Wildman–Crippen MR) is 119 cm³/mol. The summed E-state index contributed by atoms with van der Waals surface area (Å²) in [6, 6.07) is 9.46. The number of phenols is 2. The Morgan fingerprint density at radius 2 is 1.77 bits per heavy atom. The number of hydrogen-bond acceptors (Lipinski definition) is 11. The maximum Gasteiger partial charge on any atom is 0.330 e. The molecule has 0 amide bonds. The van der Waals surface area contributed by atoms with Crippen LogP contribution in [0, 0.1) is 0 Å². The number of fused-ring (bicyclic) bond motifs is 1. The molecule has 4 rings (SSSR count). The second-order valence-corrected chi connectivity index (χ2v) is 8.03. The molecule has 5 atom stereocenters. The Hall–Kier alpha value is -3.35. The Kier molecular flexibility index (Phi) is 7.73. The Labute approximate surface area is 200 Å². The van der Waals surface area contributed by atoms with Gasteiger partial charge in [-0.05, 0) is 47.9 Å². The van der Waals surface area contributed by atoms with Crippen molar-refractivity contribution in [1.82, 2.24) is 0 Å². The standard InChI is InChI=1S/C24H26O11/c25-15-4-1-13(9-16(15)26)3-6-20(27)32-11-19-21(28)22(29)23(30)24(35-19)31-8-7-14-2-5-17-18(10-14)34-12-33-17/h1-6,9-10,19,21-26,28-30H,7-8,11-12H2/b6-3+/t19-,21-,22+,23-,24-/m1/s1. The number of benzene rings is 2. The first kappa shape index (κ1) is 24.8. The molecular weight excluding hydrogens is 464 g/mol. The fraction of sp³-hybridized carbons (Fsp3) is 0.375. The summed E-state index contributed by atoms with van der Waals surface area (Å²) in [5, 5.41) is 49.4. The van der Waals surface area contributed by atoms with E-state index in [0.717, 1.165) is 11.6 Å². The quantitative estimate of drug-likeness (QED) is 0.198. The number of rotatable bonds is 8. The lowest BCUT2D eigenvalue weighted by atomic mass is 9.99. The molecule has 5 N–H and O–H groups in total. The molecule has 2 aliphatic heterocycles. The lowest BCUT2D eigenvalue weighted by Gasteiger charge is -2.39. The van der Waals surface area contributed by atoms with Crippen molar-refractivity contribution in [3.63, 3.8) is 0 Å². The van der Waals surface area contributed by atoms with Crippen LogP contribution in [0.25, 0.3) is 6.08 Å². The summed E-state index contributed by atoms with van der Waals surface area (Å²) in [6.07, 6.45) is -4.06.